The van der Waals surface area contributed by atoms with E-state index in [1.807, 2.05) is 0 Å². The summed E-state index contributed by atoms with van der Waals surface area (Å²) in [5.41, 5.74) is 0.269. The summed E-state index contributed by atoms with van der Waals surface area (Å²) in [5, 5.41) is 18.0. The van der Waals surface area contributed by atoms with Crippen LogP contribution in [0.4, 0.5) is 5.82 Å². The monoisotopic (exact) mass is 251 g/mol. The number of nitrogens with one attached hydrogen (secondary N) is 2. The van der Waals surface area contributed by atoms with Crippen molar-refractivity contribution in [2.75, 3.05) is 18.5 Å². The van der Waals surface area contributed by atoms with Crippen LogP contribution in [0.15, 0.2) is 17.2 Å². The third-order valence-electron chi connectivity index (χ3n) is 2.70. The molecule has 2 aromatic heterocycles. The molecule has 0 fully saturated rings. The van der Waals surface area contributed by atoms with Crippen LogP contribution >= 0.6 is 0 Å². The molecule has 0 bridgehead atoms. The first kappa shape index (κ1) is 12.6. The number of nitrogens with zero attached hydrogens (tertiary/aromatic N) is 3. The van der Waals surface area contributed by atoms with Crippen molar-refractivity contribution < 1.29 is 5.11 Å². The summed E-state index contributed by atoms with van der Waals surface area (Å²) in [7, 11) is 0. The lowest BCUT2D eigenvalue weighted by molar-refractivity contribution is 0.283. The van der Waals surface area contributed by atoms with Crippen molar-refractivity contribution in [1.29, 1.82) is 0 Å². The Morgan fingerprint density at radius 1 is 1.33 bits per heavy atom. The average molecular weight is 251 g/mol. The largest absolute Gasteiger partial charge is 0.396 e. The number of aliphatic hydroxyl groups is 1. The standard InChI is InChI=1S/C11H17N5O2/c17-6-4-2-1-3-5-12-9-7-10-14-15-11(18)16(10)8-13-9/h7-8,12,17H,1-6H2,(H,15,18). The highest BCUT2D eigenvalue weighted by Gasteiger charge is 2.01. The van der Waals surface area contributed by atoms with Crippen LogP contribution in [0.1, 0.15) is 25.7 Å². The topological polar surface area (TPSA) is 95.3 Å². The first-order chi connectivity index (χ1) is 8.81. The van der Waals surface area contributed by atoms with E-state index in [4.69, 9.17) is 5.11 Å². The summed E-state index contributed by atoms with van der Waals surface area (Å²) in [4.78, 5) is 15.3. The zero-order chi connectivity index (χ0) is 12.8. The molecule has 0 amide bonds. The molecule has 7 heteroatoms. The lowest BCUT2D eigenvalue weighted by Crippen LogP contribution is -2.10. The van der Waals surface area contributed by atoms with Gasteiger partial charge in [-0.3, -0.25) is 0 Å². The number of unbranched alkanes of at least 4 members (excludes halogenated alkanes) is 3. The van der Waals surface area contributed by atoms with Gasteiger partial charge in [0.25, 0.3) is 0 Å². The van der Waals surface area contributed by atoms with Crippen LogP contribution < -0.4 is 11.0 Å². The fraction of sp³-hybridized carbons (Fsp3) is 0.545. The van der Waals surface area contributed by atoms with Gasteiger partial charge in [0.2, 0.25) is 0 Å². The summed E-state index contributed by atoms with van der Waals surface area (Å²) in [6.45, 7) is 1.09. The normalized spacial score (nSPS) is 10.9. The van der Waals surface area contributed by atoms with Gasteiger partial charge in [-0.25, -0.2) is 19.3 Å². The van der Waals surface area contributed by atoms with Crippen molar-refractivity contribution in [1.82, 2.24) is 19.6 Å². The minimum Gasteiger partial charge on any atom is -0.396 e. The number of aromatic nitrogens is 4. The van der Waals surface area contributed by atoms with E-state index < -0.39 is 0 Å². The number of H-pyrrole nitrogens is 1. The van der Waals surface area contributed by atoms with Crippen molar-refractivity contribution in [3.63, 3.8) is 0 Å². The molecule has 0 radical (unpaired) electrons. The number of anilines is 1. The van der Waals surface area contributed by atoms with Gasteiger partial charge in [0.15, 0.2) is 5.65 Å². The molecule has 0 spiro atoms. The van der Waals surface area contributed by atoms with E-state index in [2.05, 4.69) is 20.5 Å². The smallest absolute Gasteiger partial charge is 0.348 e. The Morgan fingerprint density at radius 2 is 2.17 bits per heavy atom. The Hall–Kier alpha value is -1.89. The molecular formula is C11H17N5O2. The highest BCUT2D eigenvalue weighted by molar-refractivity contribution is 5.48. The molecule has 18 heavy (non-hydrogen) atoms. The molecule has 0 unspecified atom stereocenters. The van der Waals surface area contributed by atoms with Crippen LogP contribution in [-0.2, 0) is 0 Å². The van der Waals surface area contributed by atoms with Crippen molar-refractivity contribution in [2.24, 2.45) is 0 Å². The Balaban J connectivity index is 1.83. The molecule has 0 saturated heterocycles. The van der Waals surface area contributed by atoms with Crippen LogP contribution in [-0.4, -0.2) is 37.8 Å². The zero-order valence-corrected chi connectivity index (χ0v) is 10.1. The van der Waals surface area contributed by atoms with E-state index in [1.54, 1.807) is 6.07 Å². The number of hydrogen-bond acceptors (Lipinski definition) is 5. The number of aromatic amines is 1. The molecule has 0 saturated carbocycles. The maximum Gasteiger partial charge on any atom is 0.348 e. The van der Waals surface area contributed by atoms with Crippen molar-refractivity contribution >= 4 is 11.5 Å². The quantitative estimate of drug-likeness (QED) is 0.618. The molecule has 7 nitrogen and oxygen atoms in total. The number of fused-ring (bicyclic) bond motifs is 1. The van der Waals surface area contributed by atoms with Gasteiger partial charge in [0, 0.05) is 19.2 Å². The Morgan fingerprint density at radius 3 is 3.00 bits per heavy atom. The molecule has 0 aliphatic rings. The van der Waals surface area contributed by atoms with Crippen LogP contribution in [0.3, 0.4) is 0 Å². The minimum absolute atomic E-state index is 0.263. The second kappa shape index (κ2) is 6.15. The van der Waals surface area contributed by atoms with E-state index in [0.717, 1.165) is 32.2 Å². The third-order valence-corrected chi connectivity index (χ3v) is 2.70. The van der Waals surface area contributed by atoms with Crippen LogP contribution in [0.5, 0.6) is 0 Å². The van der Waals surface area contributed by atoms with E-state index in [1.165, 1.54) is 10.7 Å². The van der Waals surface area contributed by atoms with Gasteiger partial charge < -0.3 is 10.4 Å². The summed E-state index contributed by atoms with van der Waals surface area (Å²) >= 11 is 0. The lowest BCUT2D eigenvalue weighted by Gasteiger charge is -2.04. The van der Waals surface area contributed by atoms with Crippen molar-refractivity contribution in [3.8, 4) is 0 Å². The summed E-state index contributed by atoms with van der Waals surface area (Å²) in [5.74, 6) is 0.712. The Bertz CT molecular complexity index is 548. The molecule has 3 N–H and O–H groups in total. The SMILES string of the molecule is O=c1[nH]nc2cc(NCCCCCCO)ncn12. The van der Waals surface area contributed by atoms with E-state index in [9.17, 15) is 4.79 Å². The number of aliphatic hydroxyl groups excluding tert-OH is 1. The van der Waals surface area contributed by atoms with Gasteiger partial charge in [-0.1, -0.05) is 12.8 Å². The van der Waals surface area contributed by atoms with Crippen molar-refractivity contribution in [2.45, 2.75) is 25.7 Å². The van der Waals surface area contributed by atoms with Crippen LogP contribution in [0.25, 0.3) is 5.65 Å². The highest BCUT2D eigenvalue weighted by Crippen LogP contribution is 2.05. The molecule has 2 rings (SSSR count). The lowest BCUT2D eigenvalue weighted by atomic mass is 10.2. The fourth-order valence-electron chi connectivity index (χ4n) is 1.71. The second-order valence-electron chi connectivity index (χ2n) is 4.10. The van der Waals surface area contributed by atoms with E-state index in [0.29, 0.717) is 11.5 Å². The molecule has 0 aliphatic heterocycles. The van der Waals surface area contributed by atoms with Crippen molar-refractivity contribution in [3.05, 3.63) is 22.9 Å². The predicted molar refractivity (Wildman–Crippen MR) is 67.7 cm³/mol. The molecule has 2 heterocycles. The summed E-state index contributed by atoms with van der Waals surface area (Å²) in [6, 6.07) is 1.73. The molecule has 0 aromatic carbocycles. The summed E-state index contributed by atoms with van der Waals surface area (Å²) < 4.78 is 1.35. The first-order valence-corrected chi connectivity index (χ1v) is 6.09. The fourth-order valence-corrected chi connectivity index (χ4v) is 1.71. The molecule has 0 atom stereocenters. The van der Waals surface area contributed by atoms with Crippen LogP contribution in [0, 0.1) is 0 Å². The zero-order valence-electron chi connectivity index (χ0n) is 10.1. The molecule has 98 valence electrons. The molecule has 0 aliphatic carbocycles. The summed E-state index contributed by atoms with van der Waals surface area (Å²) in [6.07, 6.45) is 5.47. The predicted octanol–water partition coefficient (Wildman–Crippen LogP) is 0.382. The van der Waals surface area contributed by atoms with E-state index in [-0.39, 0.29) is 12.3 Å². The highest BCUT2D eigenvalue weighted by atomic mass is 16.2. The van der Waals surface area contributed by atoms with Gasteiger partial charge >= 0.3 is 5.69 Å². The van der Waals surface area contributed by atoms with Gasteiger partial charge in [-0.05, 0) is 12.8 Å². The molecular weight excluding hydrogens is 234 g/mol. The third kappa shape index (κ3) is 3.07. The van der Waals surface area contributed by atoms with Gasteiger partial charge in [0.1, 0.15) is 12.1 Å². The average Bonchev–Trinajstić information content (AvgIpc) is 2.75. The van der Waals surface area contributed by atoms with Gasteiger partial charge in [-0.2, -0.15) is 5.10 Å². The Kier molecular flexibility index (Phi) is 4.30. The van der Waals surface area contributed by atoms with Gasteiger partial charge in [0.05, 0.1) is 0 Å². The van der Waals surface area contributed by atoms with Gasteiger partial charge in [-0.15, -0.1) is 0 Å². The maximum absolute atomic E-state index is 11.2. The Labute approximate surface area is 104 Å². The minimum atomic E-state index is -0.284. The molecule has 2 aromatic rings. The van der Waals surface area contributed by atoms with Crippen LogP contribution in [0.2, 0.25) is 0 Å². The second-order valence-corrected chi connectivity index (χ2v) is 4.10. The number of hydrogen-bond donors (Lipinski definition) is 3. The first-order valence-electron chi connectivity index (χ1n) is 6.09. The van der Waals surface area contributed by atoms with E-state index >= 15 is 0 Å². The maximum atomic E-state index is 11.2. The number of rotatable bonds is 7.